The second-order valence-corrected chi connectivity index (χ2v) is 7.84. The van der Waals surface area contributed by atoms with E-state index in [0.717, 1.165) is 14.7 Å². The minimum Gasteiger partial charge on any atom is -0.507 e. The van der Waals surface area contributed by atoms with Crippen molar-refractivity contribution in [2.75, 3.05) is 0 Å². The molecule has 160 valence electrons. The van der Waals surface area contributed by atoms with Gasteiger partial charge in [0, 0.05) is 10.0 Å². The molecule has 4 rings (SSSR count). The lowest BCUT2D eigenvalue weighted by atomic mass is 10.1. The molecule has 0 spiro atoms. The third-order valence-electron chi connectivity index (χ3n) is 4.71. The highest BCUT2D eigenvalue weighted by molar-refractivity contribution is 9.10. The lowest BCUT2D eigenvalue weighted by Crippen LogP contribution is -2.22. The summed E-state index contributed by atoms with van der Waals surface area (Å²) in [7, 11) is 0. The van der Waals surface area contributed by atoms with Crippen LogP contribution in [-0.2, 0) is 11.4 Å². The molecule has 0 saturated carbocycles. The lowest BCUT2D eigenvalue weighted by molar-refractivity contribution is 0.122. The standard InChI is InChI=1S/C24H19BrN4O3/c1-16(17-7-3-2-4-8-17)28-32-15-23-27-21-10-6-5-9-20(21)24(31)29(23)26-14-18-13-19(25)11-12-22(18)30/h2-14,30H,15H2,1H3. The van der Waals surface area contributed by atoms with Crippen molar-refractivity contribution in [3.63, 3.8) is 0 Å². The molecule has 7 nitrogen and oxygen atoms in total. The number of hydrogen-bond donors (Lipinski definition) is 1. The summed E-state index contributed by atoms with van der Waals surface area (Å²) < 4.78 is 1.94. The van der Waals surface area contributed by atoms with Gasteiger partial charge in [0.1, 0.15) is 5.75 Å². The Morgan fingerprint density at radius 2 is 1.88 bits per heavy atom. The Labute approximate surface area is 192 Å². The van der Waals surface area contributed by atoms with E-state index in [1.54, 1.807) is 30.3 Å². The number of aromatic hydroxyl groups is 1. The molecule has 1 N–H and O–H groups in total. The summed E-state index contributed by atoms with van der Waals surface area (Å²) in [5.74, 6) is 0.323. The fourth-order valence-corrected chi connectivity index (χ4v) is 3.43. The normalized spacial score (nSPS) is 11.9. The van der Waals surface area contributed by atoms with Gasteiger partial charge in [-0.15, -0.1) is 0 Å². The predicted octanol–water partition coefficient (Wildman–Crippen LogP) is 4.69. The van der Waals surface area contributed by atoms with Crippen molar-refractivity contribution in [2.45, 2.75) is 13.5 Å². The Hall–Kier alpha value is -3.78. The molecule has 0 amide bonds. The van der Waals surface area contributed by atoms with Crippen LogP contribution in [-0.4, -0.2) is 26.7 Å². The fraction of sp³-hybridized carbons (Fsp3) is 0.0833. The number of halogens is 1. The molecule has 0 aliphatic carbocycles. The van der Waals surface area contributed by atoms with Crippen molar-refractivity contribution >= 4 is 38.8 Å². The molecule has 0 radical (unpaired) electrons. The zero-order valence-corrected chi connectivity index (χ0v) is 18.7. The third-order valence-corrected chi connectivity index (χ3v) is 5.20. The van der Waals surface area contributed by atoms with Gasteiger partial charge in [0.15, 0.2) is 12.4 Å². The number of benzene rings is 3. The summed E-state index contributed by atoms with van der Waals surface area (Å²) in [5, 5.41) is 18.9. The van der Waals surface area contributed by atoms with E-state index in [-0.39, 0.29) is 23.7 Å². The van der Waals surface area contributed by atoms with E-state index in [1.807, 2.05) is 43.3 Å². The number of hydrogen-bond acceptors (Lipinski definition) is 6. The topological polar surface area (TPSA) is 89.1 Å². The van der Waals surface area contributed by atoms with E-state index in [1.165, 1.54) is 12.3 Å². The molecule has 0 aliphatic heterocycles. The van der Waals surface area contributed by atoms with Crippen molar-refractivity contribution in [3.05, 3.63) is 105 Å². The molecule has 8 heteroatoms. The highest BCUT2D eigenvalue weighted by atomic mass is 79.9. The first-order valence-electron chi connectivity index (χ1n) is 9.78. The van der Waals surface area contributed by atoms with E-state index in [4.69, 9.17) is 4.84 Å². The number of para-hydroxylation sites is 1. The van der Waals surface area contributed by atoms with Crippen LogP contribution in [0.5, 0.6) is 5.75 Å². The van der Waals surface area contributed by atoms with Gasteiger partial charge in [-0.1, -0.05) is 63.6 Å². The van der Waals surface area contributed by atoms with Gasteiger partial charge in [0.2, 0.25) is 0 Å². The predicted molar refractivity (Wildman–Crippen MR) is 128 cm³/mol. The maximum Gasteiger partial charge on any atom is 0.282 e. The molecular formula is C24H19BrN4O3. The smallest absolute Gasteiger partial charge is 0.282 e. The molecular weight excluding hydrogens is 472 g/mol. The molecule has 32 heavy (non-hydrogen) atoms. The minimum absolute atomic E-state index is 0.0413. The van der Waals surface area contributed by atoms with Gasteiger partial charge >= 0.3 is 0 Å². The molecule has 0 unspecified atom stereocenters. The second kappa shape index (κ2) is 9.57. The molecule has 1 aromatic heterocycles. The SMILES string of the molecule is CC(=NOCc1nc2ccccc2c(=O)n1N=Cc1cc(Br)ccc1O)c1ccccc1. The number of fused-ring (bicyclic) bond motifs is 1. The van der Waals surface area contributed by atoms with Gasteiger partial charge in [0.05, 0.1) is 22.8 Å². The van der Waals surface area contributed by atoms with Crippen LogP contribution in [0.1, 0.15) is 23.9 Å². The largest absolute Gasteiger partial charge is 0.507 e. The van der Waals surface area contributed by atoms with Crippen LogP contribution in [0.2, 0.25) is 0 Å². The van der Waals surface area contributed by atoms with E-state index < -0.39 is 0 Å². The summed E-state index contributed by atoms with van der Waals surface area (Å²) in [6.07, 6.45) is 1.40. The molecule has 1 heterocycles. The molecule has 0 atom stereocenters. The van der Waals surface area contributed by atoms with Crippen molar-refractivity contribution in [1.82, 2.24) is 9.66 Å². The molecule has 4 aromatic rings. The quantitative estimate of drug-likeness (QED) is 0.313. The highest BCUT2D eigenvalue weighted by Crippen LogP contribution is 2.20. The Morgan fingerprint density at radius 1 is 1.12 bits per heavy atom. The number of nitrogens with zero attached hydrogens (tertiary/aromatic N) is 4. The number of rotatable bonds is 6. The number of phenolic OH excluding ortho intramolecular Hbond substituents is 1. The van der Waals surface area contributed by atoms with E-state index in [2.05, 4.69) is 31.2 Å². The average Bonchev–Trinajstić information content (AvgIpc) is 2.81. The fourth-order valence-electron chi connectivity index (χ4n) is 3.05. The van der Waals surface area contributed by atoms with Gasteiger partial charge in [-0.3, -0.25) is 4.79 Å². The number of phenols is 1. The van der Waals surface area contributed by atoms with Crippen molar-refractivity contribution < 1.29 is 9.94 Å². The van der Waals surface area contributed by atoms with Crippen LogP contribution in [0.4, 0.5) is 0 Å². The summed E-state index contributed by atoms with van der Waals surface area (Å²) in [4.78, 5) is 23.1. The maximum atomic E-state index is 13.1. The average molecular weight is 491 g/mol. The van der Waals surface area contributed by atoms with Gasteiger partial charge in [0.25, 0.3) is 5.56 Å². The molecule has 0 fully saturated rings. The third kappa shape index (κ3) is 4.76. The first-order chi connectivity index (χ1) is 15.5. The molecule has 0 aliphatic rings. The van der Waals surface area contributed by atoms with Gasteiger partial charge in [-0.05, 0) is 42.8 Å². The van der Waals surface area contributed by atoms with Crippen molar-refractivity contribution in [1.29, 1.82) is 0 Å². The minimum atomic E-state index is -0.344. The lowest BCUT2D eigenvalue weighted by Gasteiger charge is -2.09. The van der Waals surface area contributed by atoms with E-state index in [9.17, 15) is 9.90 Å². The molecule has 0 saturated heterocycles. The summed E-state index contributed by atoms with van der Waals surface area (Å²) in [5.41, 5.74) is 2.27. The molecule has 3 aromatic carbocycles. The van der Waals surface area contributed by atoms with Crippen molar-refractivity contribution in [3.8, 4) is 5.75 Å². The van der Waals surface area contributed by atoms with Gasteiger partial charge in [-0.2, -0.15) is 9.78 Å². The monoisotopic (exact) mass is 490 g/mol. The Kier molecular flexibility index (Phi) is 6.42. The number of aromatic nitrogens is 2. The van der Waals surface area contributed by atoms with Gasteiger partial charge in [-0.25, -0.2) is 4.98 Å². The number of oxime groups is 1. The van der Waals surface area contributed by atoms with Crippen LogP contribution >= 0.6 is 15.9 Å². The highest BCUT2D eigenvalue weighted by Gasteiger charge is 2.11. The Bertz CT molecular complexity index is 1380. The van der Waals surface area contributed by atoms with Gasteiger partial charge < -0.3 is 9.94 Å². The Balaban J connectivity index is 1.70. The Morgan fingerprint density at radius 3 is 2.69 bits per heavy atom. The summed E-state index contributed by atoms with van der Waals surface area (Å²) in [6, 6.07) is 21.6. The summed E-state index contributed by atoms with van der Waals surface area (Å²) in [6.45, 7) is 1.77. The van der Waals surface area contributed by atoms with Crippen LogP contribution in [0, 0.1) is 0 Å². The molecule has 0 bridgehead atoms. The van der Waals surface area contributed by atoms with Crippen LogP contribution in [0.25, 0.3) is 10.9 Å². The van der Waals surface area contributed by atoms with Crippen LogP contribution in [0.15, 0.2) is 92.3 Å². The van der Waals surface area contributed by atoms with E-state index >= 15 is 0 Å². The first-order valence-corrected chi connectivity index (χ1v) is 10.6. The van der Waals surface area contributed by atoms with E-state index in [0.29, 0.717) is 22.2 Å². The first kappa shape index (κ1) is 21.5. The summed E-state index contributed by atoms with van der Waals surface area (Å²) >= 11 is 3.36. The maximum absolute atomic E-state index is 13.1. The van der Waals surface area contributed by atoms with Crippen LogP contribution < -0.4 is 5.56 Å². The van der Waals surface area contributed by atoms with Crippen LogP contribution in [0.3, 0.4) is 0 Å². The second-order valence-electron chi connectivity index (χ2n) is 6.93. The zero-order valence-electron chi connectivity index (χ0n) is 17.1. The zero-order chi connectivity index (χ0) is 22.5. The van der Waals surface area contributed by atoms with Crippen molar-refractivity contribution in [2.24, 2.45) is 10.3 Å².